The van der Waals surface area contributed by atoms with Gasteiger partial charge in [-0.1, -0.05) is 37.9 Å². The summed E-state index contributed by atoms with van der Waals surface area (Å²) in [5, 5.41) is 4.23. The average molecular weight is 327 g/mol. The first-order valence-corrected chi connectivity index (χ1v) is 7.35. The summed E-state index contributed by atoms with van der Waals surface area (Å²) in [5.74, 6) is 0. The summed E-state index contributed by atoms with van der Waals surface area (Å²) >= 11 is 8.77. The second kappa shape index (κ2) is 6.98. The third-order valence-electron chi connectivity index (χ3n) is 1.76. The first-order chi connectivity index (χ1) is 6.36. The molecule has 1 heterocycles. The number of thiophene rings is 1. The van der Waals surface area contributed by atoms with Crippen molar-refractivity contribution in [3.8, 4) is 0 Å². The molecular formula is C9H13Br2NS. The molecule has 0 fully saturated rings. The number of alkyl halides is 2. The van der Waals surface area contributed by atoms with Crippen LogP contribution in [-0.4, -0.2) is 28.6 Å². The van der Waals surface area contributed by atoms with Gasteiger partial charge in [-0.05, 0) is 11.4 Å². The van der Waals surface area contributed by atoms with Crippen molar-refractivity contribution in [3.05, 3.63) is 22.4 Å². The minimum atomic E-state index is 1.05. The van der Waals surface area contributed by atoms with Crippen LogP contribution in [0.2, 0.25) is 0 Å². The highest BCUT2D eigenvalue weighted by molar-refractivity contribution is 9.09. The van der Waals surface area contributed by atoms with Crippen LogP contribution in [0.1, 0.15) is 4.88 Å². The maximum absolute atomic E-state index is 3.47. The standard InChI is InChI=1S/C9H13Br2NS/c10-3-5-12(6-4-11)8-9-2-1-7-13-9/h1-2,7H,3-6,8H2. The lowest BCUT2D eigenvalue weighted by atomic mass is 10.4. The van der Waals surface area contributed by atoms with Crippen LogP contribution in [0.15, 0.2) is 17.5 Å². The summed E-state index contributed by atoms with van der Waals surface area (Å²) in [5.41, 5.74) is 0. The fraction of sp³-hybridized carbons (Fsp3) is 0.556. The molecule has 1 rings (SSSR count). The SMILES string of the molecule is BrCCN(CCBr)Cc1cccs1. The quantitative estimate of drug-likeness (QED) is 0.725. The number of halogens is 2. The largest absolute Gasteiger partial charge is 0.297 e. The van der Waals surface area contributed by atoms with Crippen molar-refractivity contribution in [1.29, 1.82) is 0 Å². The van der Waals surface area contributed by atoms with Crippen molar-refractivity contribution in [2.75, 3.05) is 23.7 Å². The van der Waals surface area contributed by atoms with Crippen molar-refractivity contribution >= 4 is 43.2 Å². The van der Waals surface area contributed by atoms with E-state index in [-0.39, 0.29) is 0 Å². The predicted octanol–water partition coefficient (Wildman–Crippen LogP) is 3.34. The summed E-state index contributed by atoms with van der Waals surface area (Å²) in [4.78, 5) is 3.89. The van der Waals surface area contributed by atoms with E-state index in [2.05, 4.69) is 54.3 Å². The molecule has 0 aliphatic carbocycles. The smallest absolute Gasteiger partial charge is 0.0328 e. The molecule has 4 heteroatoms. The first kappa shape index (κ1) is 11.7. The van der Waals surface area contributed by atoms with Crippen molar-refractivity contribution in [3.63, 3.8) is 0 Å². The Labute approximate surface area is 100 Å². The number of hydrogen-bond donors (Lipinski definition) is 0. The van der Waals surface area contributed by atoms with Gasteiger partial charge in [0.25, 0.3) is 0 Å². The normalized spacial score (nSPS) is 11.0. The lowest BCUT2D eigenvalue weighted by Gasteiger charge is -2.18. The maximum atomic E-state index is 3.47. The van der Waals surface area contributed by atoms with Crippen molar-refractivity contribution in [2.24, 2.45) is 0 Å². The summed E-state index contributed by atoms with van der Waals surface area (Å²) in [6.45, 7) is 3.31. The van der Waals surface area contributed by atoms with Crippen LogP contribution < -0.4 is 0 Å². The molecular weight excluding hydrogens is 314 g/mol. The Bertz CT molecular complexity index is 207. The molecule has 13 heavy (non-hydrogen) atoms. The molecule has 0 spiro atoms. The van der Waals surface area contributed by atoms with Crippen LogP contribution in [0.5, 0.6) is 0 Å². The summed E-state index contributed by atoms with van der Waals surface area (Å²) in [7, 11) is 0. The fourth-order valence-corrected chi connectivity index (χ4v) is 2.88. The predicted molar refractivity (Wildman–Crippen MR) is 67.2 cm³/mol. The highest BCUT2D eigenvalue weighted by atomic mass is 79.9. The molecule has 0 bridgehead atoms. The Morgan fingerprint density at radius 2 is 1.92 bits per heavy atom. The molecule has 1 nitrogen and oxygen atoms in total. The van der Waals surface area contributed by atoms with Gasteiger partial charge in [-0.3, -0.25) is 4.90 Å². The lowest BCUT2D eigenvalue weighted by molar-refractivity contribution is 0.305. The van der Waals surface area contributed by atoms with Crippen molar-refractivity contribution in [2.45, 2.75) is 6.54 Å². The Hall–Kier alpha value is 0.620. The molecule has 0 unspecified atom stereocenters. The number of nitrogens with zero attached hydrogens (tertiary/aromatic N) is 1. The monoisotopic (exact) mass is 325 g/mol. The molecule has 74 valence electrons. The van der Waals surface area contributed by atoms with Crippen LogP contribution >= 0.6 is 43.2 Å². The molecule has 0 saturated heterocycles. The average Bonchev–Trinajstić information content (AvgIpc) is 2.58. The zero-order valence-electron chi connectivity index (χ0n) is 7.38. The molecule has 1 aromatic rings. The molecule has 0 aliphatic heterocycles. The van der Waals surface area contributed by atoms with Gasteiger partial charge in [0, 0.05) is 35.2 Å². The second-order valence-electron chi connectivity index (χ2n) is 2.73. The molecule has 0 radical (unpaired) electrons. The van der Waals surface area contributed by atoms with Crippen LogP contribution in [0.4, 0.5) is 0 Å². The van der Waals surface area contributed by atoms with E-state index in [0.29, 0.717) is 0 Å². The van der Waals surface area contributed by atoms with E-state index in [9.17, 15) is 0 Å². The van der Waals surface area contributed by atoms with E-state index in [1.165, 1.54) is 4.88 Å². The summed E-state index contributed by atoms with van der Waals surface area (Å²) in [6, 6.07) is 4.31. The summed E-state index contributed by atoms with van der Waals surface area (Å²) < 4.78 is 0. The lowest BCUT2D eigenvalue weighted by Crippen LogP contribution is -2.26. The van der Waals surface area contributed by atoms with Gasteiger partial charge in [-0.15, -0.1) is 11.3 Å². The Morgan fingerprint density at radius 1 is 1.23 bits per heavy atom. The topological polar surface area (TPSA) is 3.24 Å². The van der Waals surface area contributed by atoms with E-state index >= 15 is 0 Å². The van der Waals surface area contributed by atoms with Crippen LogP contribution in [-0.2, 0) is 6.54 Å². The summed E-state index contributed by atoms with van der Waals surface area (Å²) in [6.07, 6.45) is 0. The second-order valence-corrected chi connectivity index (χ2v) is 5.35. The molecule has 0 atom stereocenters. The zero-order chi connectivity index (χ0) is 9.52. The van der Waals surface area contributed by atoms with Crippen LogP contribution in [0.25, 0.3) is 0 Å². The zero-order valence-corrected chi connectivity index (χ0v) is 11.4. The van der Waals surface area contributed by atoms with Gasteiger partial charge in [0.15, 0.2) is 0 Å². The highest BCUT2D eigenvalue weighted by Gasteiger charge is 2.04. The number of rotatable bonds is 6. The van der Waals surface area contributed by atoms with E-state index in [0.717, 1.165) is 30.3 Å². The van der Waals surface area contributed by atoms with E-state index in [1.54, 1.807) is 0 Å². The van der Waals surface area contributed by atoms with Crippen molar-refractivity contribution in [1.82, 2.24) is 4.90 Å². The van der Waals surface area contributed by atoms with Gasteiger partial charge < -0.3 is 0 Å². The Balaban J connectivity index is 2.37. The molecule has 0 aromatic carbocycles. The molecule has 1 aromatic heterocycles. The molecule has 0 amide bonds. The van der Waals surface area contributed by atoms with E-state index < -0.39 is 0 Å². The van der Waals surface area contributed by atoms with Crippen LogP contribution in [0, 0.1) is 0 Å². The van der Waals surface area contributed by atoms with Gasteiger partial charge in [0.1, 0.15) is 0 Å². The molecule has 0 N–H and O–H groups in total. The van der Waals surface area contributed by atoms with Crippen molar-refractivity contribution < 1.29 is 0 Å². The Morgan fingerprint density at radius 3 is 2.38 bits per heavy atom. The van der Waals surface area contributed by atoms with Gasteiger partial charge >= 0.3 is 0 Å². The van der Waals surface area contributed by atoms with Gasteiger partial charge in [-0.25, -0.2) is 0 Å². The maximum Gasteiger partial charge on any atom is 0.0328 e. The molecule has 0 saturated carbocycles. The van der Waals surface area contributed by atoms with E-state index in [4.69, 9.17) is 0 Å². The van der Waals surface area contributed by atoms with Gasteiger partial charge in [-0.2, -0.15) is 0 Å². The molecule has 0 aliphatic rings. The Kier molecular flexibility index (Phi) is 6.28. The minimum Gasteiger partial charge on any atom is -0.297 e. The number of hydrogen-bond acceptors (Lipinski definition) is 2. The third-order valence-corrected chi connectivity index (χ3v) is 3.33. The van der Waals surface area contributed by atoms with E-state index in [1.807, 2.05) is 11.3 Å². The first-order valence-electron chi connectivity index (χ1n) is 4.23. The minimum absolute atomic E-state index is 1.05. The van der Waals surface area contributed by atoms with Gasteiger partial charge in [0.05, 0.1) is 0 Å². The van der Waals surface area contributed by atoms with Crippen LogP contribution in [0.3, 0.4) is 0 Å². The third kappa shape index (κ3) is 4.58. The van der Waals surface area contributed by atoms with Gasteiger partial charge in [0.2, 0.25) is 0 Å². The fourth-order valence-electron chi connectivity index (χ4n) is 1.13. The highest BCUT2D eigenvalue weighted by Crippen LogP contribution is 2.11.